The molecule has 1 amide bonds. The Morgan fingerprint density at radius 1 is 1.03 bits per heavy atom. The molecule has 0 saturated heterocycles. The summed E-state index contributed by atoms with van der Waals surface area (Å²) in [6.07, 6.45) is 4.50. The minimum atomic E-state index is -0.173. The zero-order valence-corrected chi connectivity index (χ0v) is 17.5. The zero-order chi connectivity index (χ0) is 21.9. The third-order valence-electron chi connectivity index (χ3n) is 5.91. The molecule has 4 aromatic rings. The van der Waals surface area contributed by atoms with Crippen molar-refractivity contribution in [2.75, 3.05) is 6.61 Å². The summed E-state index contributed by atoms with van der Waals surface area (Å²) in [6.45, 7) is -0.101. The minimum absolute atomic E-state index is 0.0158. The fourth-order valence-corrected chi connectivity index (χ4v) is 4.30. The molecule has 0 aliphatic heterocycles. The molecule has 1 N–H and O–H groups in total. The summed E-state index contributed by atoms with van der Waals surface area (Å²) in [5.41, 5.74) is 4.13. The number of benzene rings is 3. The van der Waals surface area contributed by atoms with Crippen LogP contribution in [0.5, 0.6) is 5.75 Å². The molecule has 1 aromatic heterocycles. The van der Waals surface area contributed by atoms with Crippen LogP contribution in [0.25, 0.3) is 22.1 Å². The van der Waals surface area contributed by atoms with Crippen LogP contribution in [0, 0.1) is 0 Å². The molecule has 5 heteroatoms. The highest BCUT2D eigenvalue weighted by molar-refractivity contribution is 5.83. The van der Waals surface area contributed by atoms with Crippen molar-refractivity contribution in [3.05, 3.63) is 100 Å². The maximum Gasteiger partial charge on any atom is 0.258 e. The molecule has 32 heavy (non-hydrogen) atoms. The number of rotatable bonds is 5. The van der Waals surface area contributed by atoms with E-state index in [2.05, 4.69) is 17.4 Å². The van der Waals surface area contributed by atoms with Crippen LogP contribution in [-0.2, 0) is 11.2 Å². The number of aryl methyl sites for hydroxylation is 1. The van der Waals surface area contributed by atoms with Crippen molar-refractivity contribution >= 4 is 16.9 Å². The van der Waals surface area contributed by atoms with E-state index < -0.39 is 0 Å². The fourth-order valence-electron chi connectivity index (χ4n) is 4.30. The Bertz CT molecular complexity index is 1330. The van der Waals surface area contributed by atoms with Crippen LogP contribution in [0.15, 0.2) is 88.3 Å². The molecule has 5 nitrogen and oxygen atoms in total. The number of carbonyl (C=O) groups excluding carboxylic acids is 1. The van der Waals surface area contributed by atoms with E-state index in [1.165, 1.54) is 17.4 Å². The normalized spacial score (nSPS) is 15.2. The van der Waals surface area contributed by atoms with E-state index in [4.69, 9.17) is 9.15 Å². The Kier molecular flexibility index (Phi) is 5.46. The average molecular weight is 425 g/mol. The second kappa shape index (κ2) is 8.71. The lowest BCUT2D eigenvalue weighted by Crippen LogP contribution is -2.34. The van der Waals surface area contributed by atoms with Crippen molar-refractivity contribution in [2.45, 2.75) is 25.3 Å². The first-order valence-electron chi connectivity index (χ1n) is 10.8. The van der Waals surface area contributed by atoms with Gasteiger partial charge in [0.2, 0.25) is 0 Å². The monoisotopic (exact) mass is 425 g/mol. The summed E-state index contributed by atoms with van der Waals surface area (Å²) in [6, 6.07) is 22.7. The van der Waals surface area contributed by atoms with E-state index in [0.717, 1.165) is 24.8 Å². The lowest BCUT2D eigenvalue weighted by Gasteiger charge is -2.26. The summed E-state index contributed by atoms with van der Waals surface area (Å²) in [7, 11) is 0. The first kappa shape index (κ1) is 20.1. The van der Waals surface area contributed by atoms with E-state index >= 15 is 0 Å². The number of hydrogen-bond acceptors (Lipinski definition) is 4. The Morgan fingerprint density at radius 2 is 1.84 bits per heavy atom. The van der Waals surface area contributed by atoms with Gasteiger partial charge in [0.15, 0.2) is 12.0 Å². The minimum Gasteiger partial charge on any atom is -0.484 e. The number of ether oxygens (including phenoxy) is 1. The second-order valence-corrected chi connectivity index (χ2v) is 8.00. The zero-order valence-electron chi connectivity index (χ0n) is 17.5. The van der Waals surface area contributed by atoms with Crippen molar-refractivity contribution in [3.63, 3.8) is 0 Å². The number of nitrogens with one attached hydrogen (secondary N) is 1. The predicted octanol–water partition coefficient (Wildman–Crippen LogP) is 5.03. The average Bonchev–Trinajstić information content (AvgIpc) is 2.84. The predicted molar refractivity (Wildman–Crippen MR) is 124 cm³/mol. The van der Waals surface area contributed by atoms with Gasteiger partial charge in [0, 0.05) is 6.07 Å². The molecule has 5 rings (SSSR count). The summed E-state index contributed by atoms with van der Waals surface area (Å²) in [5.74, 6) is 0.306. The van der Waals surface area contributed by atoms with Crippen LogP contribution >= 0.6 is 0 Å². The molecule has 0 spiro atoms. The highest BCUT2D eigenvalue weighted by Gasteiger charge is 2.21. The molecule has 1 aliphatic carbocycles. The van der Waals surface area contributed by atoms with Gasteiger partial charge in [-0.3, -0.25) is 9.59 Å². The molecule has 1 aliphatic rings. The van der Waals surface area contributed by atoms with Gasteiger partial charge in [-0.1, -0.05) is 54.6 Å². The van der Waals surface area contributed by atoms with E-state index in [0.29, 0.717) is 22.3 Å². The smallest absolute Gasteiger partial charge is 0.258 e. The molecule has 1 unspecified atom stereocenters. The van der Waals surface area contributed by atoms with Crippen LogP contribution in [0.1, 0.15) is 30.0 Å². The van der Waals surface area contributed by atoms with Crippen molar-refractivity contribution in [1.29, 1.82) is 0 Å². The van der Waals surface area contributed by atoms with Gasteiger partial charge in [0.05, 0.1) is 17.0 Å². The van der Waals surface area contributed by atoms with E-state index in [1.54, 1.807) is 18.2 Å². The Hall–Kier alpha value is -3.86. The topological polar surface area (TPSA) is 68.5 Å². The van der Waals surface area contributed by atoms with Crippen LogP contribution < -0.4 is 15.5 Å². The van der Waals surface area contributed by atoms with Crippen molar-refractivity contribution in [2.24, 2.45) is 0 Å². The second-order valence-electron chi connectivity index (χ2n) is 8.00. The van der Waals surface area contributed by atoms with Crippen LogP contribution in [0.4, 0.5) is 0 Å². The molecule has 0 saturated carbocycles. The summed E-state index contributed by atoms with van der Waals surface area (Å²) < 4.78 is 11.4. The molecular formula is C27H23NO4. The first-order chi connectivity index (χ1) is 15.7. The number of fused-ring (bicyclic) bond motifs is 2. The van der Waals surface area contributed by atoms with Crippen LogP contribution in [0.2, 0.25) is 0 Å². The van der Waals surface area contributed by atoms with Crippen LogP contribution in [-0.4, -0.2) is 12.5 Å². The lowest BCUT2D eigenvalue weighted by molar-refractivity contribution is -0.123. The molecule has 1 atom stereocenters. The summed E-state index contributed by atoms with van der Waals surface area (Å²) in [4.78, 5) is 25.4. The number of amides is 1. The number of carbonyl (C=O) groups is 1. The van der Waals surface area contributed by atoms with Gasteiger partial charge in [-0.05, 0) is 48.1 Å². The SMILES string of the molecule is O=C(COc1ccc2c(=O)c(-c3ccccc3)coc2c1)NC1CCCc2ccccc21. The van der Waals surface area contributed by atoms with Gasteiger partial charge < -0.3 is 14.5 Å². The van der Waals surface area contributed by atoms with Gasteiger partial charge in [0.1, 0.15) is 17.6 Å². The first-order valence-corrected chi connectivity index (χ1v) is 10.8. The maximum absolute atomic E-state index is 12.9. The molecule has 0 bridgehead atoms. The van der Waals surface area contributed by atoms with E-state index in [1.807, 2.05) is 42.5 Å². The molecule has 160 valence electrons. The summed E-state index contributed by atoms with van der Waals surface area (Å²) >= 11 is 0. The Balaban J connectivity index is 1.28. The van der Waals surface area contributed by atoms with Gasteiger partial charge in [0.25, 0.3) is 5.91 Å². The third kappa shape index (κ3) is 4.02. The van der Waals surface area contributed by atoms with Gasteiger partial charge in [-0.25, -0.2) is 0 Å². The van der Waals surface area contributed by atoms with Crippen molar-refractivity contribution in [3.8, 4) is 16.9 Å². The van der Waals surface area contributed by atoms with Crippen LogP contribution in [0.3, 0.4) is 0 Å². The number of hydrogen-bond donors (Lipinski definition) is 1. The molecular weight excluding hydrogens is 402 g/mol. The molecule has 0 fully saturated rings. The van der Waals surface area contributed by atoms with Gasteiger partial charge in [-0.2, -0.15) is 0 Å². The fraction of sp³-hybridized carbons (Fsp3) is 0.185. The molecule has 0 radical (unpaired) electrons. The largest absolute Gasteiger partial charge is 0.484 e. The van der Waals surface area contributed by atoms with Crippen molar-refractivity contribution in [1.82, 2.24) is 5.32 Å². The van der Waals surface area contributed by atoms with Gasteiger partial charge >= 0.3 is 0 Å². The Morgan fingerprint density at radius 3 is 2.72 bits per heavy atom. The van der Waals surface area contributed by atoms with Gasteiger partial charge in [-0.15, -0.1) is 0 Å². The maximum atomic E-state index is 12.9. The molecule has 3 aromatic carbocycles. The van der Waals surface area contributed by atoms with Crippen molar-refractivity contribution < 1.29 is 13.9 Å². The third-order valence-corrected chi connectivity index (χ3v) is 5.91. The van der Waals surface area contributed by atoms with E-state index in [9.17, 15) is 9.59 Å². The highest BCUT2D eigenvalue weighted by atomic mass is 16.5. The standard InChI is InChI=1S/C27H23NO4/c29-26(28-24-12-6-10-18-9-4-5-11-21(18)24)17-31-20-13-14-22-25(15-20)32-16-23(27(22)30)19-7-2-1-3-8-19/h1-5,7-9,11,13-16,24H,6,10,12,17H2,(H,28,29). The quantitative estimate of drug-likeness (QED) is 0.487. The molecule has 1 heterocycles. The van der Waals surface area contributed by atoms with E-state index in [-0.39, 0.29) is 24.0 Å². The lowest BCUT2D eigenvalue weighted by atomic mass is 9.88. The summed E-state index contributed by atoms with van der Waals surface area (Å²) in [5, 5.41) is 3.55. The highest BCUT2D eigenvalue weighted by Crippen LogP contribution is 2.29. The Labute approximate surface area is 185 Å².